The van der Waals surface area contributed by atoms with Gasteiger partial charge in [0.25, 0.3) is 0 Å². The first kappa shape index (κ1) is 16.8. The molecule has 22 heavy (non-hydrogen) atoms. The molecule has 2 rings (SSSR count). The van der Waals surface area contributed by atoms with Crippen molar-refractivity contribution in [2.24, 2.45) is 0 Å². The third-order valence-electron chi connectivity index (χ3n) is 5.12. The number of aryl methyl sites for hydroxylation is 2. The maximum absolute atomic E-state index is 2.35. The molecule has 0 saturated carbocycles. The molecule has 0 spiro atoms. The molecule has 0 nitrogen and oxygen atoms in total. The number of benzene rings is 2. The summed E-state index contributed by atoms with van der Waals surface area (Å²) >= 11 is 0. The number of rotatable bonds is 2. The number of hydrogen-bond donors (Lipinski definition) is 0. The number of hydrogen-bond acceptors (Lipinski definition) is 0. The highest BCUT2D eigenvalue weighted by Gasteiger charge is 2.24. The van der Waals surface area contributed by atoms with E-state index in [2.05, 4.69) is 91.8 Å². The van der Waals surface area contributed by atoms with Gasteiger partial charge in [-0.15, -0.1) is 0 Å². The zero-order chi connectivity index (χ0) is 16.7. The van der Waals surface area contributed by atoms with Gasteiger partial charge in [-0.05, 0) is 59.6 Å². The van der Waals surface area contributed by atoms with Gasteiger partial charge in [0.05, 0.1) is 0 Å². The first-order valence-electron chi connectivity index (χ1n) is 8.23. The fourth-order valence-electron chi connectivity index (χ4n) is 2.95. The molecule has 0 bridgehead atoms. The maximum atomic E-state index is 2.35. The van der Waals surface area contributed by atoms with Crippen LogP contribution in [0.5, 0.6) is 0 Å². The largest absolute Gasteiger partial charge is 0.0582 e. The normalized spacial score (nSPS) is 12.5. The van der Waals surface area contributed by atoms with Crippen LogP contribution >= 0.6 is 0 Å². The Morgan fingerprint density at radius 1 is 0.591 bits per heavy atom. The van der Waals surface area contributed by atoms with E-state index in [1.54, 1.807) is 0 Å². The fourth-order valence-corrected chi connectivity index (χ4v) is 2.95. The monoisotopic (exact) mass is 294 g/mol. The quantitative estimate of drug-likeness (QED) is 0.615. The Morgan fingerprint density at radius 3 is 1.41 bits per heavy atom. The molecule has 0 fully saturated rings. The summed E-state index contributed by atoms with van der Waals surface area (Å²) in [7, 11) is 0. The zero-order valence-corrected chi connectivity index (χ0v) is 15.5. The highest BCUT2D eigenvalue weighted by molar-refractivity contribution is 5.45. The highest BCUT2D eigenvalue weighted by atomic mass is 14.3. The summed E-state index contributed by atoms with van der Waals surface area (Å²) in [6, 6.07) is 13.9. The van der Waals surface area contributed by atoms with Crippen LogP contribution in [0, 0.1) is 20.8 Å². The third-order valence-corrected chi connectivity index (χ3v) is 5.12. The molecule has 2 aromatic rings. The summed E-state index contributed by atoms with van der Waals surface area (Å²) in [5.41, 5.74) is 8.58. The molecule has 0 amide bonds. The van der Waals surface area contributed by atoms with Gasteiger partial charge in [-0.1, -0.05) is 71.0 Å². The second-order valence-corrected chi connectivity index (χ2v) is 8.19. The summed E-state index contributed by atoms with van der Waals surface area (Å²) in [5, 5.41) is 0. The van der Waals surface area contributed by atoms with Crippen molar-refractivity contribution in [2.75, 3.05) is 0 Å². The molecule has 0 aromatic heterocycles. The topological polar surface area (TPSA) is 0 Å². The van der Waals surface area contributed by atoms with Crippen molar-refractivity contribution < 1.29 is 0 Å². The van der Waals surface area contributed by atoms with E-state index < -0.39 is 0 Å². The summed E-state index contributed by atoms with van der Waals surface area (Å²) in [6.45, 7) is 18.1. The van der Waals surface area contributed by atoms with Crippen molar-refractivity contribution in [3.8, 4) is 0 Å². The summed E-state index contributed by atoms with van der Waals surface area (Å²) < 4.78 is 0. The molecule has 2 aromatic carbocycles. The molecular weight excluding hydrogens is 264 g/mol. The van der Waals surface area contributed by atoms with Crippen LogP contribution in [-0.4, -0.2) is 0 Å². The average molecular weight is 294 g/mol. The molecule has 0 saturated heterocycles. The van der Waals surface area contributed by atoms with Crippen LogP contribution in [0.15, 0.2) is 36.4 Å². The molecule has 0 aliphatic heterocycles. The third kappa shape index (κ3) is 3.11. The standard InChI is InChI=1S/C22H30/c1-15-13-20(14-16(2)17(15)3)22(7,8)19-11-9-18(10-12-19)21(4,5)6/h9-14H,1-8H3. The first-order valence-corrected chi connectivity index (χ1v) is 8.23. The van der Waals surface area contributed by atoms with Crippen LogP contribution in [0.3, 0.4) is 0 Å². The molecule has 0 heteroatoms. The SMILES string of the molecule is Cc1cc(C(C)(C)c2ccc(C(C)(C)C)cc2)cc(C)c1C. The first-order chi connectivity index (χ1) is 10.0. The van der Waals surface area contributed by atoms with E-state index in [1.807, 2.05) is 0 Å². The maximum Gasteiger partial charge on any atom is 0.0146 e. The predicted molar refractivity (Wildman–Crippen MR) is 97.9 cm³/mol. The van der Waals surface area contributed by atoms with Crippen molar-refractivity contribution in [3.05, 3.63) is 69.8 Å². The van der Waals surface area contributed by atoms with Gasteiger partial charge in [0.1, 0.15) is 0 Å². The lowest BCUT2D eigenvalue weighted by molar-refractivity contribution is 0.587. The molecule has 0 aliphatic rings. The van der Waals surface area contributed by atoms with Crippen LogP contribution < -0.4 is 0 Å². The lowest BCUT2D eigenvalue weighted by Crippen LogP contribution is -2.20. The Balaban J connectivity index is 2.46. The lowest BCUT2D eigenvalue weighted by atomic mass is 9.75. The molecule has 0 aliphatic carbocycles. The fraction of sp³-hybridized carbons (Fsp3) is 0.455. The summed E-state index contributed by atoms with van der Waals surface area (Å²) in [4.78, 5) is 0. The van der Waals surface area contributed by atoms with E-state index in [9.17, 15) is 0 Å². The second kappa shape index (κ2) is 5.57. The Labute approximate surface area is 136 Å². The van der Waals surface area contributed by atoms with Crippen molar-refractivity contribution >= 4 is 0 Å². The van der Waals surface area contributed by atoms with Crippen LogP contribution in [-0.2, 0) is 10.8 Å². The Morgan fingerprint density at radius 2 is 1.00 bits per heavy atom. The molecule has 118 valence electrons. The smallest absolute Gasteiger partial charge is 0.0146 e. The van der Waals surface area contributed by atoms with Crippen molar-refractivity contribution in [2.45, 2.75) is 66.2 Å². The van der Waals surface area contributed by atoms with Gasteiger partial charge in [-0.25, -0.2) is 0 Å². The van der Waals surface area contributed by atoms with E-state index >= 15 is 0 Å². The van der Waals surface area contributed by atoms with Gasteiger partial charge in [-0.3, -0.25) is 0 Å². The van der Waals surface area contributed by atoms with E-state index in [1.165, 1.54) is 33.4 Å². The van der Waals surface area contributed by atoms with Crippen LogP contribution in [0.25, 0.3) is 0 Å². The Kier molecular flexibility index (Phi) is 4.26. The lowest BCUT2D eigenvalue weighted by Gasteiger charge is -2.29. The molecule has 0 atom stereocenters. The van der Waals surface area contributed by atoms with Gasteiger partial charge in [-0.2, -0.15) is 0 Å². The second-order valence-electron chi connectivity index (χ2n) is 8.19. The van der Waals surface area contributed by atoms with E-state index in [4.69, 9.17) is 0 Å². The van der Waals surface area contributed by atoms with Crippen molar-refractivity contribution in [3.63, 3.8) is 0 Å². The molecule has 0 heterocycles. The van der Waals surface area contributed by atoms with Gasteiger partial charge in [0.2, 0.25) is 0 Å². The molecule has 0 unspecified atom stereocenters. The summed E-state index contributed by atoms with van der Waals surface area (Å²) in [6.07, 6.45) is 0. The zero-order valence-electron chi connectivity index (χ0n) is 15.5. The van der Waals surface area contributed by atoms with Crippen LogP contribution in [0.2, 0.25) is 0 Å². The summed E-state index contributed by atoms with van der Waals surface area (Å²) in [5.74, 6) is 0. The molecule has 0 N–H and O–H groups in total. The van der Waals surface area contributed by atoms with Crippen LogP contribution in [0.1, 0.15) is 68.0 Å². The highest BCUT2D eigenvalue weighted by Crippen LogP contribution is 2.34. The van der Waals surface area contributed by atoms with E-state index in [0.717, 1.165) is 0 Å². The Bertz CT molecular complexity index is 641. The minimum Gasteiger partial charge on any atom is -0.0582 e. The van der Waals surface area contributed by atoms with Crippen LogP contribution in [0.4, 0.5) is 0 Å². The van der Waals surface area contributed by atoms with Gasteiger partial charge in [0, 0.05) is 5.41 Å². The van der Waals surface area contributed by atoms with Gasteiger partial charge in [0.15, 0.2) is 0 Å². The Hall–Kier alpha value is -1.56. The minimum absolute atomic E-state index is 0.0274. The molecule has 0 radical (unpaired) electrons. The predicted octanol–water partition coefficient (Wildman–Crippen LogP) is 6.24. The van der Waals surface area contributed by atoms with Gasteiger partial charge < -0.3 is 0 Å². The van der Waals surface area contributed by atoms with E-state index in [0.29, 0.717) is 0 Å². The van der Waals surface area contributed by atoms with E-state index in [-0.39, 0.29) is 10.8 Å². The molecular formula is C22H30. The average Bonchev–Trinajstić information content (AvgIpc) is 2.43. The van der Waals surface area contributed by atoms with Crippen molar-refractivity contribution in [1.82, 2.24) is 0 Å². The van der Waals surface area contributed by atoms with Gasteiger partial charge >= 0.3 is 0 Å². The van der Waals surface area contributed by atoms with Crippen molar-refractivity contribution in [1.29, 1.82) is 0 Å². The minimum atomic E-state index is 0.0274.